The molecule has 5 heteroatoms. The van der Waals surface area contributed by atoms with Gasteiger partial charge in [-0.25, -0.2) is 4.79 Å². The number of aliphatic carboxylic acids is 1. The van der Waals surface area contributed by atoms with Crippen LogP contribution in [0.15, 0.2) is 18.2 Å². The number of carbonyl (C=O) groups is 1. The van der Waals surface area contributed by atoms with Crippen molar-refractivity contribution >= 4 is 23.4 Å². The Morgan fingerprint density at radius 3 is 2.80 bits per heavy atom. The molecular formula is C15H21NO3S. The molecule has 0 atom stereocenters. The van der Waals surface area contributed by atoms with Gasteiger partial charge in [0, 0.05) is 28.9 Å². The standard InChI is InChI=1S/C15H21NO3S/c1-16(11-15(19)8-2-3-9-15)10-13-5-4-12(20-13)6-7-14(17)18/h4-7,19H,2-3,8-11H2,1H3,(H,17,18)/b7-6+. The molecule has 20 heavy (non-hydrogen) atoms. The van der Waals surface area contributed by atoms with Crippen LogP contribution in [0.3, 0.4) is 0 Å². The monoisotopic (exact) mass is 295 g/mol. The zero-order valence-electron chi connectivity index (χ0n) is 11.7. The molecular weight excluding hydrogens is 274 g/mol. The fraction of sp³-hybridized carbons (Fsp3) is 0.533. The normalized spacial score (nSPS) is 18.1. The van der Waals surface area contributed by atoms with E-state index >= 15 is 0 Å². The van der Waals surface area contributed by atoms with Crippen LogP contribution in [0.4, 0.5) is 0 Å². The Bertz CT molecular complexity index is 489. The minimum Gasteiger partial charge on any atom is -0.478 e. The summed E-state index contributed by atoms with van der Waals surface area (Å²) in [5.74, 6) is -0.930. The summed E-state index contributed by atoms with van der Waals surface area (Å²) in [5, 5.41) is 19.0. The Balaban J connectivity index is 1.88. The number of hydrogen-bond acceptors (Lipinski definition) is 4. The summed E-state index contributed by atoms with van der Waals surface area (Å²) in [5.41, 5.74) is -0.516. The number of hydrogen-bond donors (Lipinski definition) is 2. The van der Waals surface area contributed by atoms with E-state index in [-0.39, 0.29) is 0 Å². The summed E-state index contributed by atoms with van der Waals surface area (Å²) in [6, 6.07) is 3.94. The average molecular weight is 295 g/mol. The van der Waals surface area contributed by atoms with E-state index in [2.05, 4.69) is 4.90 Å². The second-order valence-corrected chi connectivity index (χ2v) is 6.78. The molecule has 2 N–H and O–H groups in total. The number of carboxylic acid groups (broad SMARTS) is 1. The minimum absolute atomic E-state index is 0.516. The van der Waals surface area contributed by atoms with Gasteiger partial charge in [-0.15, -0.1) is 11.3 Å². The number of thiophene rings is 1. The number of rotatable bonds is 6. The molecule has 1 saturated carbocycles. The van der Waals surface area contributed by atoms with Crippen LogP contribution in [0, 0.1) is 0 Å². The van der Waals surface area contributed by atoms with Gasteiger partial charge in [-0.3, -0.25) is 4.90 Å². The number of carboxylic acids is 1. The molecule has 0 aliphatic heterocycles. The average Bonchev–Trinajstić information content (AvgIpc) is 2.96. The van der Waals surface area contributed by atoms with Crippen LogP contribution in [-0.2, 0) is 11.3 Å². The van der Waals surface area contributed by atoms with Crippen molar-refractivity contribution in [3.8, 4) is 0 Å². The highest BCUT2D eigenvalue weighted by atomic mass is 32.1. The lowest BCUT2D eigenvalue weighted by atomic mass is 10.0. The van der Waals surface area contributed by atoms with Crippen LogP contribution in [0.5, 0.6) is 0 Å². The first-order chi connectivity index (χ1) is 9.47. The SMILES string of the molecule is CN(Cc1ccc(/C=C/C(=O)O)s1)CC1(O)CCCC1. The Kier molecular flexibility index (Phi) is 4.96. The lowest BCUT2D eigenvalue weighted by Crippen LogP contribution is -2.38. The molecule has 0 radical (unpaired) electrons. The van der Waals surface area contributed by atoms with E-state index in [0.29, 0.717) is 6.54 Å². The van der Waals surface area contributed by atoms with E-state index in [1.165, 1.54) is 4.88 Å². The molecule has 0 aromatic carbocycles. The summed E-state index contributed by atoms with van der Waals surface area (Å²) in [6.07, 6.45) is 6.80. The number of nitrogens with zero attached hydrogens (tertiary/aromatic N) is 1. The second kappa shape index (κ2) is 6.52. The summed E-state index contributed by atoms with van der Waals surface area (Å²) >= 11 is 1.59. The van der Waals surface area contributed by atoms with Crippen LogP contribution < -0.4 is 0 Å². The molecule has 1 aliphatic carbocycles. The third kappa shape index (κ3) is 4.44. The molecule has 1 heterocycles. The van der Waals surface area contributed by atoms with Crippen LogP contribution >= 0.6 is 11.3 Å². The Morgan fingerprint density at radius 2 is 2.15 bits per heavy atom. The first-order valence-electron chi connectivity index (χ1n) is 6.87. The van der Waals surface area contributed by atoms with Crippen molar-refractivity contribution in [1.29, 1.82) is 0 Å². The van der Waals surface area contributed by atoms with Gasteiger partial charge in [0.2, 0.25) is 0 Å². The molecule has 1 aromatic rings. The smallest absolute Gasteiger partial charge is 0.328 e. The predicted molar refractivity (Wildman–Crippen MR) is 80.7 cm³/mol. The van der Waals surface area contributed by atoms with Crippen molar-refractivity contribution in [3.63, 3.8) is 0 Å². The van der Waals surface area contributed by atoms with E-state index < -0.39 is 11.6 Å². The van der Waals surface area contributed by atoms with Gasteiger partial charge >= 0.3 is 5.97 Å². The third-order valence-electron chi connectivity index (χ3n) is 3.60. The Hall–Kier alpha value is -1.17. The van der Waals surface area contributed by atoms with Crippen molar-refractivity contribution in [2.45, 2.75) is 37.8 Å². The topological polar surface area (TPSA) is 60.8 Å². The number of likely N-dealkylation sites (N-methyl/N-ethyl adjacent to an activating group) is 1. The highest BCUT2D eigenvalue weighted by molar-refractivity contribution is 7.12. The second-order valence-electron chi connectivity index (χ2n) is 5.58. The van der Waals surface area contributed by atoms with Crippen molar-refractivity contribution in [2.24, 2.45) is 0 Å². The molecule has 0 unspecified atom stereocenters. The Morgan fingerprint density at radius 1 is 1.45 bits per heavy atom. The van der Waals surface area contributed by atoms with Crippen molar-refractivity contribution < 1.29 is 15.0 Å². The summed E-state index contributed by atoms with van der Waals surface area (Å²) in [7, 11) is 2.02. The van der Waals surface area contributed by atoms with E-state index in [4.69, 9.17) is 5.11 Å². The number of aliphatic hydroxyl groups is 1. The van der Waals surface area contributed by atoms with Crippen molar-refractivity contribution in [2.75, 3.05) is 13.6 Å². The molecule has 1 fully saturated rings. The minimum atomic E-state index is -0.930. The molecule has 2 rings (SSSR count). The van der Waals surface area contributed by atoms with Gasteiger partial charge in [-0.1, -0.05) is 12.8 Å². The van der Waals surface area contributed by atoms with E-state index in [0.717, 1.165) is 43.2 Å². The van der Waals surface area contributed by atoms with Gasteiger partial charge in [-0.05, 0) is 38.1 Å². The quantitative estimate of drug-likeness (QED) is 0.792. The Labute approximate surface area is 123 Å². The molecule has 4 nitrogen and oxygen atoms in total. The molecule has 1 aliphatic rings. The zero-order valence-corrected chi connectivity index (χ0v) is 12.5. The molecule has 0 spiro atoms. The maximum Gasteiger partial charge on any atom is 0.328 e. The van der Waals surface area contributed by atoms with Crippen LogP contribution in [0.25, 0.3) is 6.08 Å². The van der Waals surface area contributed by atoms with Crippen molar-refractivity contribution in [1.82, 2.24) is 4.90 Å². The van der Waals surface area contributed by atoms with E-state index in [9.17, 15) is 9.90 Å². The lowest BCUT2D eigenvalue weighted by Gasteiger charge is -2.28. The highest BCUT2D eigenvalue weighted by Gasteiger charge is 2.32. The van der Waals surface area contributed by atoms with Crippen LogP contribution in [0.1, 0.15) is 35.4 Å². The molecule has 0 saturated heterocycles. The zero-order chi connectivity index (χ0) is 14.6. The van der Waals surface area contributed by atoms with Gasteiger partial charge in [0.15, 0.2) is 0 Å². The van der Waals surface area contributed by atoms with Gasteiger partial charge in [0.25, 0.3) is 0 Å². The largest absolute Gasteiger partial charge is 0.478 e. The fourth-order valence-electron chi connectivity index (χ4n) is 2.74. The first-order valence-corrected chi connectivity index (χ1v) is 7.69. The van der Waals surface area contributed by atoms with Crippen LogP contribution in [-0.4, -0.2) is 40.3 Å². The maximum atomic E-state index is 10.5. The van der Waals surface area contributed by atoms with Crippen LogP contribution in [0.2, 0.25) is 0 Å². The van der Waals surface area contributed by atoms with E-state index in [1.807, 2.05) is 19.2 Å². The first kappa shape index (κ1) is 15.2. The van der Waals surface area contributed by atoms with Gasteiger partial charge in [-0.2, -0.15) is 0 Å². The highest BCUT2D eigenvalue weighted by Crippen LogP contribution is 2.30. The predicted octanol–water partition coefficient (Wildman–Crippen LogP) is 2.58. The van der Waals surface area contributed by atoms with Gasteiger partial charge in [0.1, 0.15) is 0 Å². The molecule has 0 amide bonds. The van der Waals surface area contributed by atoms with Gasteiger partial charge in [0.05, 0.1) is 5.60 Å². The third-order valence-corrected chi connectivity index (χ3v) is 4.63. The fourth-order valence-corrected chi connectivity index (χ4v) is 3.73. The van der Waals surface area contributed by atoms with E-state index in [1.54, 1.807) is 17.4 Å². The lowest BCUT2D eigenvalue weighted by molar-refractivity contribution is -0.131. The molecule has 1 aromatic heterocycles. The maximum absolute atomic E-state index is 10.5. The molecule has 0 bridgehead atoms. The van der Waals surface area contributed by atoms with Crippen molar-refractivity contribution in [3.05, 3.63) is 28.0 Å². The molecule has 110 valence electrons. The summed E-state index contributed by atoms with van der Waals surface area (Å²) < 4.78 is 0. The van der Waals surface area contributed by atoms with Gasteiger partial charge < -0.3 is 10.2 Å². The summed E-state index contributed by atoms with van der Waals surface area (Å²) in [6.45, 7) is 1.49. The summed E-state index contributed by atoms with van der Waals surface area (Å²) in [4.78, 5) is 14.7.